The maximum atomic E-state index is 5.59. The second-order valence-electron chi connectivity index (χ2n) is 5.99. The summed E-state index contributed by atoms with van der Waals surface area (Å²) >= 11 is 0. The lowest BCUT2D eigenvalue weighted by atomic mass is 10.1. The fourth-order valence-corrected chi connectivity index (χ4v) is 3.14. The van der Waals surface area contributed by atoms with Gasteiger partial charge in [-0.25, -0.2) is 0 Å². The molecule has 0 amide bonds. The zero-order valence-corrected chi connectivity index (χ0v) is 13.9. The molecule has 3 aromatic rings. The Morgan fingerprint density at radius 1 is 1.04 bits per heavy atom. The quantitative estimate of drug-likeness (QED) is 0.738. The van der Waals surface area contributed by atoms with Gasteiger partial charge < -0.3 is 9.64 Å². The number of nitrogens with zero attached hydrogens (tertiary/aromatic N) is 5. The molecule has 24 heavy (non-hydrogen) atoms. The average molecular weight is 323 g/mol. The molecule has 3 heterocycles. The van der Waals surface area contributed by atoms with E-state index in [0.717, 1.165) is 41.7 Å². The van der Waals surface area contributed by atoms with Crippen LogP contribution in [0, 0.1) is 0 Å². The first-order chi connectivity index (χ1) is 11.8. The highest BCUT2D eigenvalue weighted by Gasteiger charge is 2.15. The molecule has 0 atom stereocenters. The molecule has 1 aromatic carbocycles. The van der Waals surface area contributed by atoms with Gasteiger partial charge in [-0.1, -0.05) is 12.1 Å². The third-order valence-corrected chi connectivity index (χ3v) is 4.33. The van der Waals surface area contributed by atoms with Gasteiger partial charge in [-0.15, -0.1) is 15.3 Å². The summed E-state index contributed by atoms with van der Waals surface area (Å²) in [5.74, 6) is 2.56. The number of benzene rings is 1. The van der Waals surface area contributed by atoms with E-state index < -0.39 is 0 Å². The van der Waals surface area contributed by atoms with Gasteiger partial charge in [-0.3, -0.25) is 0 Å². The molecule has 0 unspecified atom stereocenters. The SMILES string of the molecule is CCOc1cccc(-c2nnc3ccc(N4CCCCC4)nn23)c1. The lowest BCUT2D eigenvalue weighted by molar-refractivity contribution is 0.340. The summed E-state index contributed by atoms with van der Waals surface area (Å²) in [6.07, 6.45) is 3.76. The fraction of sp³-hybridized carbons (Fsp3) is 0.389. The van der Waals surface area contributed by atoms with E-state index in [1.165, 1.54) is 19.3 Å². The smallest absolute Gasteiger partial charge is 0.185 e. The van der Waals surface area contributed by atoms with E-state index >= 15 is 0 Å². The Bertz CT molecular complexity index is 838. The van der Waals surface area contributed by atoms with Crippen LogP contribution in [0.3, 0.4) is 0 Å². The number of aromatic nitrogens is 4. The van der Waals surface area contributed by atoms with Crippen LogP contribution in [0.1, 0.15) is 26.2 Å². The Hall–Kier alpha value is -2.63. The summed E-state index contributed by atoms with van der Waals surface area (Å²) in [5.41, 5.74) is 1.71. The van der Waals surface area contributed by atoms with Gasteiger partial charge in [-0.05, 0) is 50.5 Å². The first kappa shape index (κ1) is 14.9. The second kappa shape index (κ2) is 6.47. The molecule has 0 bridgehead atoms. The first-order valence-corrected chi connectivity index (χ1v) is 8.56. The van der Waals surface area contributed by atoms with Crippen molar-refractivity contribution < 1.29 is 4.74 Å². The Labute approximate surface area is 141 Å². The number of ether oxygens (including phenoxy) is 1. The van der Waals surface area contributed by atoms with Gasteiger partial charge in [-0.2, -0.15) is 4.52 Å². The molecule has 1 aliphatic rings. The third kappa shape index (κ3) is 2.79. The molecule has 1 saturated heterocycles. The van der Waals surface area contributed by atoms with Gasteiger partial charge in [0, 0.05) is 18.7 Å². The van der Waals surface area contributed by atoms with Crippen molar-refractivity contribution >= 4 is 11.5 Å². The molecule has 6 nitrogen and oxygen atoms in total. The van der Waals surface area contributed by atoms with Crippen LogP contribution in [0.25, 0.3) is 17.0 Å². The highest BCUT2D eigenvalue weighted by Crippen LogP contribution is 2.24. The molecule has 0 N–H and O–H groups in total. The molecule has 4 rings (SSSR count). The van der Waals surface area contributed by atoms with Crippen LogP contribution in [0.15, 0.2) is 36.4 Å². The summed E-state index contributed by atoms with van der Waals surface area (Å²) < 4.78 is 7.42. The molecule has 1 fully saturated rings. The largest absolute Gasteiger partial charge is 0.494 e. The lowest BCUT2D eigenvalue weighted by Gasteiger charge is -2.27. The fourth-order valence-electron chi connectivity index (χ4n) is 3.14. The van der Waals surface area contributed by atoms with Crippen LogP contribution in [0.5, 0.6) is 5.75 Å². The predicted molar refractivity (Wildman–Crippen MR) is 93.5 cm³/mol. The topological polar surface area (TPSA) is 55.6 Å². The van der Waals surface area contributed by atoms with Crippen molar-refractivity contribution in [2.24, 2.45) is 0 Å². The zero-order chi connectivity index (χ0) is 16.4. The van der Waals surface area contributed by atoms with Gasteiger partial charge in [0.2, 0.25) is 0 Å². The van der Waals surface area contributed by atoms with Crippen LogP contribution >= 0.6 is 0 Å². The minimum atomic E-state index is 0.640. The van der Waals surface area contributed by atoms with E-state index in [1.54, 1.807) is 0 Å². The van der Waals surface area contributed by atoms with Crippen molar-refractivity contribution in [1.82, 2.24) is 19.8 Å². The lowest BCUT2D eigenvalue weighted by Crippen LogP contribution is -2.30. The van der Waals surface area contributed by atoms with Crippen molar-refractivity contribution in [1.29, 1.82) is 0 Å². The normalized spacial score (nSPS) is 15.0. The maximum Gasteiger partial charge on any atom is 0.185 e. The molecule has 0 radical (unpaired) electrons. The van der Waals surface area contributed by atoms with Crippen molar-refractivity contribution in [3.8, 4) is 17.1 Å². The Kier molecular flexibility index (Phi) is 4.02. The number of anilines is 1. The maximum absolute atomic E-state index is 5.59. The van der Waals surface area contributed by atoms with Gasteiger partial charge >= 0.3 is 0 Å². The highest BCUT2D eigenvalue weighted by molar-refractivity contribution is 5.61. The van der Waals surface area contributed by atoms with E-state index in [-0.39, 0.29) is 0 Å². The van der Waals surface area contributed by atoms with Gasteiger partial charge in [0.25, 0.3) is 0 Å². The number of piperidine rings is 1. The zero-order valence-electron chi connectivity index (χ0n) is 13.9. The van der Waals surface area contributed by atoms with E-state index in [9.17, 15) is 0 Å². The Morgan fingerprint density at radius 2 is 1.92 bits per heavy atom. The summed E-state index contributed by atoms with van der Waals surface area (Å²) in [7, 11) is 0. The number of hydrogen-bond acceptors (Lipinski definition) is 5. The molecule has 124 valence electrons. The van der Waals surface area contributed by atoms with Crippen LogP contribution in [0.2, 0.25) is 0 Å². The second-order valence-corrected chi connectivity index (χ2v) is 5.99. The van der Waals surface area contributed by atoms with Gasteiger partial charge in [0.15, 0.2) is 11.5 Å². The molecule has 0 spiro atoms. The predicted octanol–water partition coefficient (Wildman–Crippen LogP) is 3.18. The highest BCUT2D eigenvalue weighted by atomic mass is 16.5. The summed E-state index contributed by atoms with van der Waals surface area (Å²) in [5, 5.41) is 13.4. The van der Waals surface area contributed by atoms with Crippen molar-refractivity contribution in [3.05, 3.63) is 36.4 Å². The van der Waals surface area contributed by atoms with Crippen LogP contribution in [-0.4, -0.2) is 39.5 Å². The third-order valence-electron chi connectivity index (χ3n) is 4.33. The number of fused-ring (bicyclic) bond motifs is 1. The van der Waals surface area contributed by atoms with E-state index in [2.05, 4.69) is 15.1 Å². The molecule has 6 heteroatoms. The molecular weight excluding hydrogens is 302 g/mol. The standard InChI is InChI=1S/C18H21N5O/c1-2-24-15-8-6-7-14(13-15)18-20-19-16-9-10-17(21-23(16)18)22-11-4-3-5-12-22/h6-10,13H,2-5,11-12H2,1H3. The van der Waals surface area contributed by atoms with Crippen molar-refractivity contribution in [2.75, 3.05) is 24.6 Å². The minimum absolute atomic E-state index is 0.640. The monoisotopic (exact) mass is 323 g/mol. The molecular formula is C18H21N5O. The van der Waals surface area contributed by atoms with Gasteiger partial charge in [0.1, 0.15) is 11.6 Å². The first-order valence-electron chi connectivity index (χ1n) is 8.56. The number of rotatable bonds is 4. The van der Waals surface area contributed by atoms with Crippen LogP contribution in [0.4, 0.5) is 5.82 Å². The van der Waals surface area contributed by atoms with Crippen LogP contribution < -0.4 is 9.64 Å². The van der Waals surface area contributed by atoms with E-state index in [0.29, 0.717) is 6.61 Å². The van der Waals surface area contributed by atoms with Crippen LogP contribution in [-0.2, 0) is 0 Å². The summed E-state index contributed by atoms with van der Waals surface area (Å²) in [6, 6.07) is 11.9. The van der Waals surface area contributed by atoms with Crippen molar-refractivity contribution in [2.45, 2.75) is 26.2 Å². The van der Waals surface area contributed by atoms with Crippen molar-refractivity contribution in [3.63, 3.8) is 0 Å². The summed E-state index contributed by atoms with van der Waals surface area (Å²) in [6.45, 7) is 4.75. The molecule has 0 saturated carbocycles. The number of hydrogen-bond donors (Lipinski definition) is 0. The van der Waals surface area contributed by atoms with E-state index in [1.807, 2.05) is 47.8 Å². The Morgan fingerprint density at radius 3 is 2.75 bits per heavy atom. The average Bonchev–Trinajstić information content (AvgIpc) is 3.06. The molecule has 0 aliphatic carbocycles. The minimum Gasteiger partial charge on any atom is -0.494 e. The molecule has 2 aromatic heterocycles. The Balaban J connectivity index is 1.74. The van der Waals surface area contributed by atoms with Gasteiger partial charge in [0.05, 0.1) is 6.61 Å². The molecule has 1 aliphatic heterocycles. The summed E-state index contributed by atoms with van der Waals surface area (Å²) in [4.78, 5) is 2.34. The van der Waals surface area contributed by atoms with E-state index in [4.69, 9.17) is 9.84 Å².